The van der Waals surface area contributed by atoms with Crippen molar-refractivity contribution in [1.82, 2.24) is 14.5 Å². The zero-order valence-electron chi connectivity index (χ0n) is 43.5. The number of imidazole rings is 1. The van der Waals surface area contributed by atoms with E-state index >= 15 is 0 Å². The van der Waals surface area contributed by atoms with Gasteiger partial charge >= 0.3 is 0 Å². The summed E-state index contributed by atoms with van der Waals surface area (Å²) in [5.41, 5.74) is 16.1. The number of nitrogens with zero attached hydrogens (tertiary/aromatic N) is 3. The van der Waals surface area contributed by atoms with Gasteiger partial charge in [-0.25, -0.2) is 4.98 Å². The Balaban J connectivity index is 1.41. The lowest BCUT2D eigenvalue weighted by Gasteiger charge is -2.22. The van der Waals surface area contributed by atoms with E-state index in [2.05, 4.69) is 183 Å². The van der Waals surface area contributed by atoms with Gasteiger partial charge in [0, 0.05) is 27.0 Å². The largest absolute Gasteiger partial charge is 0.507 e. The van der Waals surface area contributed by atoms with Gasteiger partial charge in [0.2, 0.25) is 0 Å². The van der Waals surface area contributed by atoms with Crippen LogP contribution in [0.1, 0.15) is 113 Å². The van der Waals surface area contributed by atoms with Gasteiger partial charge in [0.25, 0.3) is 0 Å². The summed E-state index contributed by atoms with van der Waals surface area (Å²) in [5.74, 6) is 0.927. The molecule has 0 radical (unpaired) electrons. The molecule has 0 atom stereocenters. The van der Waals surface area contributed by atoms with E-state index in [9.17, 15) is 5.11 Å². The fourth-order valence-electron chi connectivity index (χ4n) is 9.15. The SMILES string of the molecule is [2H]C([2H])([2H])c1cc(-c2ccc(C(C)(C)C)cc2)c(-n2c(-c3cc(C(C)C)cc(C(C)C)c3O)nc3c(-c4cc(-c5cc(-c6ccccc6)ccn5)cc(C(C)(C)C)c4)cccc32)cc1-c1ccccc1. The van der Waals surface area contributed by atoms with Crippen LogP contribution in [0.2, 0.25) is 0 Å². The first-order chi connectivity index (χ1) is 33.2. The van der Waals surface area contributed by atoms with Crippen molar-refractivity contribution in [2.75, 3.05) is 0 Å². The summed E-state index contributed by atoms with van der Waals surface area (Å²) in [6.45, 7) is 19.4. The molecule has 9 aromatic rings. The van der Waals surface area contributed by atoms with Crippen LogP contribution in [0.3, 0.4) is 0 Å². The van der Waals surface area contributed by atoms with Gasteiger partial charge in [0.1, 0.15) is 11.6 Å². The number of aromatic nitrogens is 3. The standard InChI is InChI=1S/C63H63N3O/c1-39(2)46-35-52(40(3)4)60(67)55(36-46)61-65-59-51(47-32-48(34-50(33-47)63(9,10)11)56-37-45(29-30-64-56)42-19-14-12-15-20-42)23-18-24-57(59)66(61)58-38-53(43-21-16-13-17-22-43)41(5)31-54(58)44-25-27-49(28-26-44)62(6,7)8/h12-40,67H,1-11H3/i5D3. The molecule has 336 valence electrons. The van der Waals surface area contributed by atoms with Crippen molar-refractivity contribution in [3.63, 3.8) is 0 Å². The fraction of sp³-hybridized carbons (Fsp3) is 0.238. The summed E-state index contributed by atoms with van der Waals surface area (Å²) < 4.78 is 29.0. The molecule has 0 saturated heterocycles. The van der Waals surface area contributed by atoms with E-state index in [1.54, 1.807) is 0 Å². The van der Waals surface area contributed by atoms with Crippen molar-refractivity contribution in [3.8, 4) is 78.6 Å². The molecule has 0 amide bonds. The lowest BCUT2D eigenvalue weighted by Crippen LogP contribution is -2.11. The van der Waals surface area contributed by atoms with Gasteiger partial charge in [-0.2, -0.15) is 0 Å². The van der Waals surface area contributed by atoms with Crippen LogP contribution in [-0.4, -0.2) is 19.6 Å². The number of benzene rings is 7. The van der Waals surface area contributed by atoms with Crippen molar-refractivity contribution in [1.29, 1.82) is 0 Å². The monoisotopic (exact) mass is 881 g/mol. The zero-order valence-corrected chi connectivity index (χ0v) is 40.5. The molecule has 2 aromatic heterocycles. The number of aryl methyl sites for hydroxylation is 1. The molecule has 9 rings (SSSR count). The van der Waals surface area contributed by atoms with E-state index in [1.807, 2.05) is 54.7 Å². The van der Waals surface area contributed by atoms with E-state index in [4.69, 9.17) is 14.1 Å². The molecule has 0 unspecified atom stereocenters. The van der Waals surface area contributed by atoms with Gasteiger partial charge in [0.05, 0.1) is 28.0 Å². The number of phenols is 1. The lowest BCUT2D eigenvalue weighted by molar-refractivity contribution is 0.466. The molecular weight excluding hydrogens is 815 g/mol. The van der Waals surface area contributed by atoms with Gasteiger partial charge < -0.3 is 5.11 Å². The van der Waals surface area contributed by atoms with Crippen molar-refractivity contribution < 1.29 is 9.22 Å². The Bertz CT molecular complexity index is 3370. The van der Waals surface area contributed by atoms with Crippen LogP contribution in [0, 0.1) is 6.85 Å². The maximum atomic E-state index is 12.5. The highest BCUT2D eigenvalue weighted by Gasteiger charge is 2.27. The van der Waals surface area contributed by atoms with E-state index in [0.717, 1.165) is 83.6 Å². The predicted molar refractivity (Wildman–Crippen MR) is 283 cm³/mol. The summed E-state index contributed by atoms with van der Waals surface area (Å²) in [4.78, 5) is 10.6. The minimum Gasteiger partial charge on any atom is -0.507 e. The number of hydrogen-bond donors (Lipinski definition) is 1. The van der Waals surface area contributed by atoms with Gasteiger partial charge in [0.15, 0.2) is 0 Å². The summed E-state index contributed by atoms with van der Waals surface area (Å²) in [6.07, 6.45) is 1.88. The van der Waals surface area contributed by atoms with Gasteiger partial charge in [-0.1, -0.05) is 178 Å². The molecule has 7 aromatic carbocycles. The molecule has 2 heterocycles. The Labute approximate surface area is 402 Å². The molecule has 0 fully saturated rings. The topological polar surface area (TPSA) is 50.9 Å². The van der Waals surface area contributed by atoms with E-state index < -0.39 is 6.85 Å². The molecule has 0 aliphatic heterocycles. The van der Waals surface area contributed by atoms with Crippen LogP contribution in [0.4, 0.5) is 0 Å². The molecule has 0 aliphatic rings. The van der Waals surface area contributed by atoms with Crippen molar-refractivity contribution >= 4 is 11.0 Å². The average Bonchev–Trinajstić information content (AvgIpc) is 3.72. The van der Waals surface area contributed by atoms with E-state index in [1.165, 1.54) is 5.56 Å². The summed E-state index contributed by atoms with van der Waals surface area (Å²) >= 11 is 0. The minimum absolute atomic E-state index is 0.0264. The van der Waals surface area contributed by atoms with Gasteiger partial charge in [-0.3, -0.25) is 9.55 Å². The highest BCUT2D eigenvalue weighted by atomic mass is 16.3. The van der Waals surface area contributed by atoms with Crippen LogP contribution < -0.4 is 0 Å². The van der Waals surface area contributed by atoms with Gasteiger partial charge in [-0.15, -0.1) is 0 Å². The van der Waals surface area contributed by atoms with Crippen molar-refractivity contribution in [2.24, 2.45) is 0 Å². The first-order valence-corrected chi connectivity index (χ1v) is 23.6. The maximum absolute atomic E-state index is 12.5. The molecule has 0 bridgehead atoms. The Kier molecular flexibility index (Phi) is 10.9. The Morgan fingerprint density at radius 3 is 1.82 bits per heavy atom. The van der Waals surface area contributed by atoms with Crippen LogP contribution in [0.15, 0.2) is 164 Å². The predicted octanol–water partition coefficient (Wildman–Crippen LogP) is 17.3. The number of phenolic OH excluding ortho intramolecular Hbond substituents is 1. The third-order valence-electron chi connectivity index (χ3n) is 13.2. The second-order valence-electron chi connectivity index (χ2n) is 20.7. The fourth-order valence-corrected chi connectivity index (χ4v) is 9.15. The zero-order chi connectivity index (χ0) is 49.9. The molecule has 1 N–H and O–H groups in total. The van der Waals surface area contributed by atoms with Crippen LogP contribution in [0.5, 0.6) is 5.75 Å². The quantitative estimate of drug-likeness (QED) is 0.157. The third-order valence-corrected chi connectivity index (χ3v) is 13.2. The highest BCUT2D eigenvalue weighted by molar-refractivity contribution is 5.98. The molecule has 0 saturated carbocycles. The van der Waals surface area contributed by atoms with Crippen LogP contribution in [-0.2, 0) is 10.8 Å². The Hall–Kier alpha value is -7.04. The number of hydrogen-bond acceptors (Lipinski definition) is 3. The summed E-state index contributed by atoms with van der Waals surface area (Å²) in [6, 6.07) is 54.0. The van der Waals surface area contributed by atoms with Crippen LogP contribution in [0.25, 0.3) is 83.9 Å². The molecule has 4 nitrogen and oxygen atoms in total. The molecule has 67 heavy (non-hydrogen) atoms. The molecule has 0 spiro atoms. The minimum atomic E-state index is -2.43. The van der Waals surface area contributed by atoms with E-state index in [0.29, 0.717) is 17.0 Å². The number of aromatic hydroxyl groups is 1. The number of para-hydroxylation sites is 1. The highest BCUT2D eigenvalue weighted by Crippen LogP contribution is 2.46. The number of rotatable bonds is 9. The van der Waals surface area contributed by atoms with Crippen LogP contribution >= 0.6 is 0 Å². The Morgan fingerprint density at radius 2 is 1.18 bits per heavy atom. The first-order valence-electron chi connectivity index (χ1n) is 25.1. The van der Waals surface area contributed by atoms with E-state index in [-0.39, 0.29) is 34.0 Å². The normalized spacial score (nSPS) is 13.0. The average molecular weight is 881 g/mol. The van der Waals surface area contributed by atoms with Crippen molar-refractivity contribution in [2.45, 2.75) is 98.8 Å². The van der Waals surface area contributed by atoms with Gasteiger partial charge in [-0.05, 0) is 139 Å². The number of fused-ring (bicyclic) bond motifs is 1. The Morgan fingerprint density at radius 1 is 0.522 bits per heavy atom. The smallest absolute Gasteiger partial charge is 0.149 e. The summed E-state index contributed by atoms with van der Waals surface area (Å²) in [5, 5.41) is 12.5. The first kappa shape index (κ1) is 41.4. The molecular formula is C63H63N3O. The van der Waals surface area contributed by atoms with Crippen molar-refractivity contribution in [3.05, 3.63) is 192 Å². The third kappa shape index (κ3) is 8.86. The number of pyridine rings is 1. The second-order valence-corrected chi connectivity index (χ2v) is 20.7. The lowest BCUT2D eigenvalue weighted by atomic mass is 9.83. The molecule has 0 aliphatic carbocycles. The summed E-state index contributed by atoms with van der Waals surface area (Å²) in [7, 11) is 0. The second kappa shape index (κ2) is 17.6. The molecule has 4 heteroatoms. The maximum Gasteiger partial charge on any atom is 0.149 e.